The maximum absolute atomic E-state index is 9.74. The van der Waals surface area contributed by atoms with Gasteiger partial charge in [0.1, 0.15) is 5.75 Å². The molecule has 27 heavy (non-hydrogen) atoms. The predicted molar refractivity (Wildman–Crippen MR) is 114 cm³/mol. The van der Waals surface area contributed by atoms with E-state index in [9.17, 15) is 5.02 Å². The fraction of sp³-hybridized carbons (Fsp3) is 0.636. The lowest BCUT2D eigenvalue weighted by Crippen LogP contribution is -2.50. The Morgan fingerprint density at radius 1 is 1.07 bits per heavy atom. The van der Waals surface area contributed by atoms with Gasteiger partial charge < -0.3 is 14.6 Å². The molecule has 0 amide bonds. The molecule has 2 saturated heterocycles. The summed E-state index contributed by atoms with van der Waals surface area (Å²) in [4.78, 5) is 4.86. The number of ether oxygens (including phenoxy) is 1. The highest BCUT2D eigenvalue weighted by atomic mass is 16.5. The fourth-order valence-corrected chi connectivity index (χ4v) is 4.42. The highest BCUT2D eigenvalue weighted by Crippen LogP contribution is 2.30. The Hall–Kier alpha value is -1.30. The summed E-state index contributed by atoms with van der Waals surface area (Å²) in [5.74, 6) is 0.949. The number of likely N-dealkylation sites (tertiary alicyclic amines) is 1. The quantitative estimate of drug-likeness (QED) is 0.797. The molecule has 0 aliphatic carbocycles. The van der Waals surface area contributed by atoms with Gasteiger partial charge in [-0.25, -0.2) is 0 Å². The minimum Gasteiger partial charge on any atom is -0.491 e. The summed E-state index contributed by atoms with van der Waals surface area (Å²) in [6.45, 7) is 12.6. The van der Waals surface area contributed by atoms with Gasteiger partial charge in [-0.2, -0.15) is 0 Å². The molecule has 0 spiro atoms. The molecule has 1 aromatic carbocycles. The minimum atomic E-state index is -0.304. The van der Waals surface area contributed by atoms with E-state index >= 15 is 0 Å². The molecule has 0 aromatic heterocycles. The second-order valence-corrected chi connectivity index (χ2v) is 8.35. The van der Waals surface area contributed by atoms with Crippen molar-refractivity contribution in [2.75, 3.05) is 26.2 Å². The molecule has 148 valence electrons. The van der Waals surface area contributed by atoms with E-state index in [1.807, 2.05) is 6.82 Å². The monoisotopic (exact) mass is 370 g/mol. The molecule has 0 unspecified atom stereocenters. The van der Waals surface area contributed by atoms with Crippen molar-refractivity contribution in [1.82, 2.24) is 9.71 Å². The van der Waals surface area contributed by atoms with Gasteiger partial charge in [-0.3, -0.25) is 4.90 Å². The Morgan fingerprint density at radius 3 is 2.19 bits per heavy atom. The number of allylic oxidation sites excluding steroid dienone is 1. The van der Waals surface area contributed by atoms with Crippen molar-refractivity contribution in [2.24, 2.45) is 0 Å². The molecule has 2 aliphatic rings. The van der Waals surface area contributed by atoms with Crippen molar-refractivity contribution in [1.29, 1.82) is 0 Å². The first kappa shape index (κ1) is 20.4. The van der Waals surface area contributed by atoms with Crippen LogP contribution in [0, 0.1) is 0 Å². The summed E-state index contributed by atoms with van der Waals surface area (Å²) >= 11 is 0. The zero-order valence-corrected chi connectivity index (χ0v) is 17.4. The lowest BCUT2D eigenvalue weighted by Gasteiger charge is -2.41. The average molecular weight is 370 g/mol. The van der Waals surface area contributed by atoms with Crippen LogP contribution in [0.5, 0.6) is 5.75 Å². The van der Waals surface area contributed by atoms with Crippen LogP contribution in [0.25, 0.3) is 5.57 Å². The first-order chi connectivity index (χ1) is 12.9. The largest absolute Gasteiger partial charge is 0.491 e. The molecule has 0 saturated carbocycles. The van der Waals surface area contributed by atoms with E-state index in [1.165, 1.54) is 49.9 Å². The summed E-state index contributed by atoms with van der Waals surface area (Å²) in [6, 6.07) is 9.25. The number of benzene rings is 1. The van der Waals surface area contributed by atoms with Crippen LogP contribution in [-0.2, 0) is 0 Å². The molecule has 5 heteroatoms. The highest BCUT2D eigenvalue weighted by molar-refractivity contribution is 6.45. The topological polar surface area (TPSA) is 35.9 Å². The molecule has 0 atom stereocenters. The van der Waals surface area contributed by atoms with E-state index in [1.54, 1.807) is 5.57 Å². The number of hydrogen-bond donors (Lipinski definition) is 1. The third-order valence-corrected chi connectivity index (χ3v) is 6.13. The van der Waals surface area contributed by atoms with Gasteiger partial charge in [-0.05, 0) is 89.6 Å². The second-order valence-electron chi connectivity index (χ2n) is 8.35. The van der Waals surface area contributed by atoms with Crippen molar-refractivity contribution in [3.05, 3.63) is 35.4 Å². The van der Waals surface area contributed by atoms with Gasteiger partial charge in [-0.15, -0.1) is 0 Å². The molecule has 0 radical (unpaired) electrons. The molecule has 2 heterocycles. The van der Waals surface area contributed by atoms with Crippen LogP contribution in [-0.4, -0.2) is 60.1 Å². The van der Waals surface area contributed by atoms with E-state index in [0.29, 0.717) is 6.04 Å². The molecular formula is C22H35BN2O2. The molecule has 1 aromatic rings. The maximum atomic E-state index is 9.74. The Labute approximate surface area is 165 Å². The zero-order chi connectivity index (χ0) is 19.4. The van der Waals surface area contributed by atoms with Crippen molar-refractivity contribution in [3.63, 3.8) is 0 Å². The molecule has 1 N–H and O–H groups in total. The zero-order valence-electron chi connectivity index (χ0n) is 17.4. The summed E-state index contributed by atoms with van der Waals surface area (Å²) in [6.07, 6.45) is 4.92. The lowest BCUT2D eigenvalue weighted by atomic mass is 9.82. The van der Waals surface area contributed by atoms with Crippen LogP contribution in [0.2, 0.25) is 6.82 Å². The van der Waals surface area contributed by atoms with E-state index < -0.39 is 0 Å². The van der Waals surface area contributed by atoms with Gasteiger partial charge in [0.2, 0.25) is 0 Å². The van der Waals surface area contributed by atoms with Crippen LogP contribution in [0.15, 0.2) is 29.8 Å². The highest BCUT2D eigenvalue weighted by Gasteiger charge is 2.29. The SMILES string of the molecule is CB(O)N1CCC(N2CCC(=C(C)c3ccc(OC(C)C)cc3)CC2)CC1. The smallest absolute Gasteiger partial charge is 0.376 e. The van der Waals surface area contributed by atoms with Crippen molar-refractivity contribution in [2.45, 2.75) is 65.4 Å². The second kappa shape index (κ2) is 9.27. The van der Waals surface area contributed by atoms with Crippen LogP contribution >= 0.6 is 0 Å². The molecular weight excluding hydrogens is 335 g/mol. The van der Waals surface area contributed by atoms with E-state index in [2.05, 4.69) is 54.7 Å². The molecule has 3 rings (SSSR count). The van der Waals surface area contributed by atoms with Gasteiger partial charge >= 0.3 is 7.05 Å². The van der Waals surface area contributed by atoms with Crippen molar-refractivity contribution in [3.8, 4) is 5.75 Å². The van der Waals surface area contributed by atoms with Gasteiger partial charge in [0.15, 0.2) is 0 Å². The lowest BCUT2D eigenvalue weighted by molar-refractivity contribution is 0.125. The van der Waals surface area contributed by atoms with E-state index in [0.717, 1.165) is 18.8 Å². The van der Waals surface area contributed by atoms with E-state index in [-0.39, 0.29) is 13.2 Å². The summed E-state index contributed by atoms with van der Waals surface area (Å²) in [7, 11) is -0.304. The van der Waals surface area contributed by atoms with Crippen LogP contribution in [0.1, 0.15) is 52.0 Å². The van der Waals surface area contributed by atoms with Crippen molar-refractivity contribution < 1.29 is 9.76 Å². The predicted octanol–water partition coefficient (Wildman–Crippen LogP) is 3.92. The maximum Gasteiger partial charge on any atom is 0.376 e. The summed E-state index contributed by atoms with van der Waals surface area (Å²) in [5.41, 5.74) is 4.36. The van der Waals surface area contributed by atoms with Gasteiger partial charge in [0.05, 0.1) is 6.10 Å². The van der Waals surface area contributed by atoms with Gasteiger partial charge in [0.25, 0.3) is 0 Å². The number of hydrogen-bond acceptors (Lipinski definition) is 4. The normalized spacial score (nSPS) is 20.1. The first-order valence-corrected chi connectivity index (χ1v) is 10.6. The van der Waals surface area contributed by atoms with Crippen LogP contribution in [0.3, 0.4) is 0 Å². The Balaban J connectivity index is 1.55. The minimum absolute atomic E-state index is 0.215. The number of rotatable bonds is 5. The molecule has 2 aliphatic heterocycles. The third-order valence-electron chi connectivity index (χ3n) is 6.13. The van der Waals surface area contributed by atoms with Crippen LogP contribution < -0.4 is 4.74 Å². The van der Waals surface area contributed by atoms with Crippen molar-refractivity contribution >= 4 is 12.6 Å². The third kappa shape index (κ3) is 5.37. The number of piperidine rings is 2. The Kier molecular flexibility index (Phi) is 7.02. The first-order valence-electron chi connectivity index (χ1n) is 10.6. The summed E-state index contributed by atoms with van der Waals surface area (Å²) < 4.78 is 5.76. The molecule has 4 nitrogen and oxygen atoms in total. The van der Waals surface area contributed by atoms with E-state index in [4.69, 9.17) is 4.74 Å². The standard InChI is InChI=1S/C22H35BN2O2/c1-17(2)27-22-7-5-19(6-8-22)18(3)20-9-13-24(14-10-20)21-11-15-25(16-12-21)23(4)26/h5-8,17,21,26H,9-16H2,1-4H3. The summed E-state index contributed by atoms with van der Waals surface area (Å²) in [5, 5.41) is 9.74. The molecule has 0 bridgehead atoms. The fourth-order valence-electron chi connectivity index (χ4n) is 4.42. The Morgan fingerprint density at radius 2 is 1.67 bits per heavy atom. The average Bonchev–Trinajstić information content (AvgIpc) is 2.68. The van der Waals surface area contributed by atoms with Crippen LogP contribution in [0.4, 0.5) is 0 Å². The van der Waals surface area contributed by atoms with Gasteiger partial charge in [0, 0.05) is 19.1 Å². The Bertz CT molecular complexity index is 624. The molecule has 2 fully saturated rings. The number of nitrogens with zero attached hydrogens (tertiary/aromatic N) is 2. The van der Waals surface area contributed by atoms with Gasteiger partial charge in [-0.1, -0.05) is 17.7 Å².